The van der Waals surface area contributed by atoms with Crippen molar-refractivity contribution in [1.82, 2.24) is 0 Å². The third-order valence-electron chi connectivity index (χ3n) is 2.30. The Morgan fingerprint density at radius 3 is 2.07 bits per heavy atom. The van der Waals surface area contributed by atoms with Crippen LogP contribution in [0.5, 0.6) is 0 Å². The largest absolute Gasteiger partial charge is 0.286 e. The summed E-state index contributed by atoms with van der Waals surface area (Å²) in [7, 11) is -1.58. The first-order valence-corrected chi connectivity index (χ1v) is 8.52. The molecule has 0 aromatic carbocycles. The van der Waals surface area contributed by atoms with Gasteiger partial charge in [-0.15, -0.1) is 0 Å². The molecular weight excluding hydrogens is 192 g/mol. The van der Waals surface area contributed by atoms with Gasteiger partial charge in [-0.3, -0.25) is 4.58 Å². The summed E-state index contributed by atoms with van der Waals surface area (Å²) in [5.41, 5.74) is -0.185. The standard InChI is InChI=1S/C11H26O2Si/c1-7-9-10-14(6,8-2)13-12-11(3,4)5/h7-10H2,1-6H3. The van der Waals surface area contributed by atoms with E-state index < -0.39 is 8.32 Å². The number of rotatable bonds is 6. The monoisotopic (exact) mass is 218 g/mol. The van der Waals surface area contributed by atoms with E-state index in [0.29, 0.717) is 0 Å². The van der Waals surface area contributed by atoms with Gasteiger partial charge in [-0.2, -0.15) is 0 Å². The zero-order valence-electron chi connectivity index (χ0n) is 10.6. The predicted octanol–water partition coefficient (Wildman–Crippen LogP) is 4.13. The van der Waals surface area contributed by atoms with Crippen LogP contribution in [0.2, 0.25) is 18.6 Å². The van der Waals surface area contributed by atoms with Gasteiger partial charge in [0.2, 0.25) is 8.32 Å². The van der Waals surface area contributed by atoms with E-state index in [-0.39, 0.29) is 5.60 Å². The molecule has 0 saturated carbocycles. The molecule has 0 heterocycles. The molecule has 0 rings (SSSR count). The Bertz CT molecular complexity index is 154. The number of unbranched alkanes of at least 4 members (excludes halogenated alkanes) is 1. The fourth-order valence-electron chi connectivity index (χ4n) is 1.05. The summed E-state index contributed by atoms with van der Waals surface area (Å²) >= 11 is 0. The minimum atomic E-state index is -1.58. The van der Waals surface area contributed by atoms with Crippen molar-refractivity contribution in [2.75, 3.05) is 0 Å². The molecule has 0 aliphatic carbocycles. The molecule has 0 N–H and O–H groups in total. The van der Waals surface area contributed by atoms with E-state index in [1.54, 1.807) is 0 Å². The summed E-state index contributed by atoms with van der Waals surface area (Å²) in [6.07, 6.45) is 2.49. The molecule has 14 heavy (non-hydrogen) atoms. The number of hydrogen-bond acceptors (Lipinski definition) is 2. The molecule has 1 unspecified atom stereocenters. The molecule has 0 bridgehead atoms. The third-order valence-corrected chi connectivity index (χ3v) is 5.69. The van der Waals surface area contributed by atoms with Crippen molar-refractivity contribution < 1.29 is 9.46 Å². The van der Waals surface area contributed by atoms with E-state index in [9.17, 15) is 0 Å². The summed E-state index contributed by atoms with van der Waals surface area (Å²) in [6, 6.07) is 2.33. The lowest BCUT2D eigenvalue weighted by atomic mass is 10.2. The SMILES string of the molecule is CCCC[Si](C)(CC)OOC(C)(C)C. The maximum atomic E-state index is 5.68. The van der Waals surface area contributed by atoms with E-state index in [1.165, 1.54) is 18.9 Å². The molecule has 0 amide bonds. The summed E-state index contributed by atoms with van der Waals surface area (Å²) in [5, 5.41) is 0. The summed E-state index contributed by atoms with van der Waals surface area (Å²) in [4.78, 5) is 5.44. The molecule has 0 aliphatic rings. The van der Waals surface area contributed by atoms with Gasteiger partial charge >= 0.3 is 0 Å². The molecule has 1 atom stereocenters. The molecule has 2 nitrogen and oxygen atoms in total. The van der Waals surface area contributed by atoms with Crippen molar-refractivity contribution in [3.63, 3.8) is 0 Å². The van der Waals surface area contributed by atoms with E-state index in [4.69, 9.17) is 9.46 Å². The van der Waals surface area contributed by atoms with Crippen LogP contribution in [0.25, 0.3) is 0 Å². The van der Waals surface area contributed by atoms with Crippen molar-refractivity contribution in [3.05, 3.63) is 0 Å². The van der Waals surface area contributed by atoms with E-state index >= 15 is 0 Å². The molecule has 0 spiro atoms. The van der Waals surface area contributed by atoms with E-state index in [1.807, 2.05) is 20.8 Å². The van der Waals surface area contributed by atoms with Crippen LogP contribution in [-0.2, 0) is 9.46 Å². The molecule has 86 valence electrons. The van der Waals surface area contributed by atoms with Crippen molar-refractivity contribution in [2.24, 2.45) is 0 Å². The Labute approximate surface area is 90.0 Å². The van der Waals surface area contributed by atoms with Gasteiger partial charge in [0.15, 0.2) is 0 Å². The Morgan fingerprint density at radius 2 is 1.71 bits per heavy atom. The van der Waals surface area contributed by atoms with Crippen LogP contribution in [0, 0.1) is 0 Å². The molecular formula is C11H26O2Si. The van der Waals surface area contributed by atoms with Gasteiger partial charge in [0.25, 0.3) is 0 Å². The highest BCUT2D eigenvalue weighted by molar-refractivity contribution is 6.72. The van der Waals surface area contributed by atoms with Gasteiger partial charge in [0, 0.05) is 0 Å². The molecule has 0 aliphatic heterocycles. The van der Waals surface area contributed by atoms with Crippen LogP contribution < -0.4 is 0 Å². The zero-order chi connectivity index (χ0) is 11.2. The Hall–Kier alpha value is 0.137. The summed E-state index contributed by atoms with van der Waals surface area (Å²) < 4.78 is 5.68. The van der Waals surface area contributed by atoms with Gasteiger partial charge in [-0.1, -0.05) is 26.7 Å². The van der Waals surface area contributed by atoms with Crippen LogP contribution in [-0.4, -0.2) is 13.9 Å². The first-order chi connectivity index (χ1) is 6.33. The molecule has 0 aromatic heterocycles. The molecule has 0 fully saturated rings. The smallest absolute Gasteiger partial charge is 0.235 e. The fraction of sp³-hybridized carbons (Fsp3) is 1.00. The summed E-state index contributed by atoms with van der Waals surface area (Å²) in [5.74, 6) is 0. The van der Waals surface area contributed by atoms with Crippen molar-refractivity contribution >= 4 is 8.32 Å². The predicted molar refractivity (Wildman–Crippen MR) is 63.7 cm³/mol. The zero-order valence-corrected chi connectivity index (χ0v) is 11.6. The topological polar surface area (TPSA) is 18.5 Å². The lowest BCUT2D eigenvalue weighted by molar-refractivity contribution is -0.285. The Kier molecular flexibility index (Phi) is 5.94. The van der Waals surface area contributed by atoms with Crippen LogP contribution in [0.1, 0.15) is 47.5 Å². The van der Waals surface area contributed by atoms with Crippen molar-refractivity contribution in [2.45, 2.75) is 71.7 Å². The van der Waals surface area contributed by atoms with Gasteiger partial charge in [-0.05, 0) is 39.4 Å². The maximum Gasteiger partial charge on any atom is 0.235 e. The molecule has 0 saturated heterocycles. The lowest BCUT2D eigenvalue weighted by Crippen LogP contribution is -2.37. The molecule has 3 heteroatoms. The highest BCUT2D eigenvalue weighted by atomic mass is 28.4. The van der Waals surface area contributed by atoms with Crippen LogP contribution >= 0.6 is 0 Å². The highest BCUT2D eigenvalue weighted by Crippen LogP contribution is 2.22. The van der Waals surface area contributed by atoms with Crippen LogP contribution in [0.4, 0.5) is 0 Å². The fourth-order valence-corrected chi connectivity index (χ4v) is 3.16. The molecule has 0 radical (unpaired) electrons. The van der Waals surface area contributed by atoms with E-state index in [0.717, 1.165) is 6.04 Å². The quantitative estimate of drug-likeness (QED) is 0.379. The second-order valence-corrected chi connectivity index (χ2v) is 9.46. The average molecular weight is 218 g/mol. The Balaban J connectivity index is 3.98. The van der Waals surface area contributed by atoms with Crippen LogP contribution in [0.3, 0.4) is 0 Å². The second kappa shape index (κ2) is 5.88. The van der Waals surface area contributed by atoms with E-state index in [2.05, 4.69) is 20.4 Å². The minimum Gasteiger partial charge on any atom is -0.286 e. The highest BCUT2D eigenvalue weighted by Gasteiger charge is 2.30. The van der Waals surface area contributed by atoms with Crippen molar-refractivity contribution in [1.29, 1.82) is 0 Å². The maximum absolute atomic E-state index is 5.68. The van der Waals surface area contributed by atoms with Gasteiger partial charge in [0.05, 0.1) is 5.60 Å². The van der Waals surface area contributed by atoms with Gasteiger partial charge in [-0.25, -0.2) is 4.89 Å². The minimum absolute atomic E-state index is 0.185. The van der Waals surface area contributed by atoms with Gasteiger partial charge in [0.1, 0.15) is 0 Å². The van der Waals surface area contributed by atoms with Crippen LogP contribution in [0.15, 0.2) is 0 Å². The number of hydrogen-bond donors (Lipinski definition) is 0. The second-order valence-electron chi connectivity index (χ2n) is 5.19. The van der Waals surface area contributed by atoms with Crippen molar-refractivity contribution in [3.8, 4) is 0 Å². The first kappa shape index (κ1) is 14.1. The average Bonchev–Trinajstić information content (AvgIpc) is 2.10. The molecule has 0 aromatic rings. The lowest BCUT2D eigenvalue weighted by Gasteiger charge is -2.29. The normalized spacial score (nSPS) is 16.7. The summed E-state index contributed by atoms with van der Waals surface area (Å²) in [6.45, 7) is 12.8. The van der Waals surface area contributed by atoms with Gasteiger partial charge < -0.3 is 0 Å². The first-order valence-electron chi connectivity index (χ1n) is 5.70. The Morgan fingerprint density at radius 1 is 1.14 bits per heavy atom. The third kappa shape index (κ3) is 6.57.